The number of carbonyl (C=O) groups is 1. The molecule has 0 spiro atoms. The van der Waals surface area contributed by atoms with E-state index in [1.807, 2.05) is 24.3 Å². The van der Waals surface area contributed by atoms with Crippen LogP contribution in [-0.2, 0) is 17.8 Å². The SMILES string of the molecule is CC(C)Cn1c(Cc2ccccc2)nnc1SCC(=O)Nc1cccc(Cl)c1. The van der Waals surface area contributed by atoms with E-state index in [1.165, 1.54) is 17.3 Å². The van der Waals surface area contributed by atoms with Gasteiger partial charge < -0.3 is 9.88 Å². The maximum absolute atomic E-state index is 12.3. The lowest BCUT2D eigenvalue weighted by Gasteiger charge is -2.12. The standard InChI is InChI=1S/C21H23ClN4OS/c1-15(2)13-26-19(11-16-7-4-3-5-8-16)24-25-21(26)28-14-20(27)23-18-10-6-9-17(22)12-18/h3-10,12,15H,11,13-14H2,1-2H3,(H,23,27). The average molecular weight is 415 g/mol. The first-order valence-corrected chi connectivity index (χ1v) is 10.5. The number of hydrogen-bond donors (Lipinski definition) is 1. The van der Waals surface area contributed by atoms with E-state index >= 15 is 0 Å². The van der Waals surface area contributed by atoms with Crippen molar-refractivity contribution < 1.29 is 4.79 Å². The van der Waals surface area contributed by atoms with Gasteiger partial charge in [0.1, 0.15) is 5.82 Å². The summed E-state index contributed by atoms with van der Waals surface area (Å²) < 4.78 is 2.12. The molecule has 5 nitrogen and oxygen atoms in total. The summed E-state index contributed by atoms with van der Waals surface area (Å²) in [6.45, 7) is 5.13. The molecule has 0 aliphatic heterocycles. The predicted octanol–water partition coefficient (Wildman–Crippen LogP) is 4.91. The first kappa shape index (κ1) is 20.4. The third-order valence-electron chi connectivity index (χ3n) is 3.99. The van der Waals surface area contributed by atoms with E-state index < -0.39 is 0 Å². The minimum Gasteiger partial charge on any atom is -0.325 e. The van der Waals surface area contributed by atoms with Crippen molar-refractivity contribution in [1.29, 1.82) is 0 Å². The van der Waals surface area contributed by atoms with Crippen LogP contribution in [-0.4, -0.2) is 26.4 Å². The highest BCUT2D eigenvalue weighted by molar-refractivity contribution is 7.99. The topological polar surface area (TPSA) is 59.8 Å². The van der Waals surface area contributed by atoms with Gasteiger partial charge in [0.25, 0.3) is 0 Å². The van der Waals surface area contributed by atoms with Gasteiger partial charge in [0.15, 0.2) is 5.16 Å². The number of amides is 1. The van der Waals surface area contributed by atoms with Crippen LogP contribution in [0.2, 0.25) is 5.02 Å². The minimum absolute atomic E-state index is 0.101. The van der Waals surface area contributed by atoms with Gasteiger partial charge >= 0.3 is 0 Å². The molecule has 0 saturated carbocycles. The quantitative estimate of drug-likeness (QED) is 0.532. The summed E-state index contributed by atoms with van der Waals surface area (Å²) in [5, 5.41) is 12.9. The Morgan fingerprint density at radius 1 is 1.14 bits per heavy atom. The van der Waals surface area contributed by atoms with Gasteiger partial charge in [0.2, 0.25) is 5.91 Å². The molecule has 1 N–H and O–H groups in total. The molecule has 0 bridgehead atoms. The number of thioether (sulfide) groups is 1. The highest BCUT2D eigenvalue weighted by atomic mass is 35.5. The zero-order chi connectivity index (χ0) is 19.9. The Morgan fingerprint density at radius 2 is 1.93 bits per heavy atom. The van der Waals surface area contributed by atoms with Gasteiger partial charge in [-0.1, -0.05) is 73.6 Å². The highest BCUT2D eigenvalue weighted by Gasteiger charge is 2.16. The smallest absolute Gasteiger partial charge is 0.234 e. The molecule has 1 aromatic heterocycles. The predicted molar refractivity (Wildman–Crippen MR) is 115 cm³/mol. The zero-order valence-corrected chi connectivity index (χ0v) is 17.5. The second-order valence-electron chi connectivity index (χ2n) is 6.91. The van der Waals surface area contributed by atoms with E-state index in [4.69, 9.17) is 11.6 Å². The third-order valence-corrected chi connectivity index (χ3v) is 5.19. The number of rotatable bonds is 8. The molecule has 3 aromatic rings. The summed E-state index contributed by atoms with van der Waals surface area (Å²) in [6, 6.07) is 17.3. The van der Waals surface area contributed by atoms with Gasteiger partial charge in [0.05, 0.1) is 5.75 Å². The molecule has 0 aliphatic carbocycles. The monoisotopic (exact) mass is 414 g/mol. The van der Waals surface area contributed by atoms with Crippen LogP contribution >= 0.6 is 23.4 Å². The number of anilines is 1. The van der Waals surface area contributed by atoms with Gasteiger partial charge in [-0.15, -0.1) is 10.2 Å². The fourth-order valence-corrected chi connectivity index (χ4v) is 3.73. The van der Waals surface area contributed by atoms with E-state index in [-0.39, 0.29) is 11.7 Å². The molecule has 0 aliphatic rings. The lowest BCUT2D eigenvalue weighted by Crippen LogP contribution is -2.15. The molecule has 1 amide bonds. The number of nitrogens with one attached hydrogen (secondary N) is 1. The fraction of sp³-hybridized carbons (Fsp3) is 0.286. The van der Waals surface area contributed by atoms with Crippen LogP contribution < -0.4 is 5.32 Å². The molecule has 0 atom stereocenters. The number of hydrogen-bond acceptors (Lipinski definition) is 4. The fourth-order valence-electron chi connectivity index (χ4n) is 2.78. The number of nitrogens with zero attached hydrogens (tertiary/aromatic N) is 3. The van der Waals surface area contributed by atoms with Crippen LogP contribution in [0.3, 0.4) is 0 Å². The van der Waals surface area contributed by atoms with Crippen molar-refractivity contribution in [3.8, 4) is 0 Å². The van der Waals surface area contributed by atoms with E-state index in [0.29, 0.717) is 16.6 Å². The van der Waals surface area contributed by atoms with Gasteiger partial charge in [-0.2, -0.15) is 0 Å². The van der Waals surface area contributed by atoms with Crippen molar-refractivity contribution in [2.45, 2.75) is 32.0 Å². The second-order valence-corrected chi connectivity index (χ2v) is 8.29. The lowest BCUT2D eigenvalue weighted by molar-refractivity contribution is -0.113. The molecule has 0 saturated heterocycles. The Bertz CT molecular complexity index is 927. The van der Waals surface area contributed by atoms with E-state index in [1.54, 1.807) is 18.2 Å². The van der Waals surface area contributed by atoms with Crippen LogP contribution in [0.25, 0.3) is 0 Å². The molecule has 0 unspecified atom stereocenters. The molecule has 7 heteroatoms. The summed E-state index contributed by atoms with van der Waals surface area (Å²) in [5.41, 5.74) is 1.88. The summed E-state index contributed by atoms with van der Waals surface area (Å²) >= 11 is 7.36. The highest BCUT2D eigenvalue weighted by Crippen LogP contribution is 2.21. The third kappa shape index (κ3) is 5.84. The molecular formula is C21H23ClN4OS. The van der Waals surface area contributed by atoms with Crippen molar-refractivity contribution in [2.75, 3.05) is 11.1 Å². The molecule has 0 radical (unpaired) electrons. The normalized spacial score (nSPS) is 11.0. The Morgan fingerprint density at radius 3 is 2.64 bits per heavy atom. The summed E-state index contributed by atoms with van der Waals surface area (Å²) in [4.78, 5) is 12.3. The number of benzene rings is 2. The van der Waals surface area contributed by atoms with Crippen molar-refractivity contribution >= 4 is 35.0 Å². The van der Waals surface area contributed by atoms with Crippen LogP contribution in [0.5, 0.6) is 0 Å². The van der Waals surface area contributed by atoms with E-state index in [9.17, 15) is 4.79 Å². The Hall–Kier alpha value is -2.31. The van der Waals surface area contributed by atoms with Crippen molar-refractivity contribution in [3.05, 3.63) is 71.0 Å². The largest absolute Gasteiger partial charge is 0.325 e. The Kier molecular flexibility index (Phi) is 7.12. The average Bonchev–Trinajstić information content (AvgIpc) is 3.02. The summed E-state index contributed by atoms with van der Waals surface area (Å²) in [7, 11) is 0. The first-order valence-electron chi connectivity index (χ1n) is 9.15. The molecule has 1 heterocycles. The second kappa shape index (κ2) is 9.75. The van der Waals surface area contributed by atoms with Gasteiger partial charge in [-0.05, 0) is 29.7 Å². The number of carbonyl (C=O) groups excluding carboxylic acids is 1. The van der Waals surface area contributed by atoms with Crippen LogP contribution in [0.15, 0.2) is 59.8 Å². The minimum atomic E-state index is -0.101. The summed E-state index contributed by atoms with van der Waals surface area (Å²) in [5.74, 6) is 1.52. The zero-order valence-electron chi connectivity index (χ0n) is 15.9. The number of halogens is 1. The summed E-state index contributed by atoms with van der Waals surface area (Å²) in [6.07, 6.45) is 0.718. The first-order chi connectivity index (χ1) is 13.5. The van der Waals surface area contributed by atoms with Crippen LogP contribution in [0.1, 0.15) is 25.2 Å². The van der Waals surface area contributed by atoms with E-state index in [2.05, 4.69) is 46.1 Å². The van der Waals surface area contributed by atoms with Gasteiger partial charge in [-0.3, -0.25) is 4.79 Å². The van der Waals surface area contributed by atoms with Gasteiger partial charge in [-0.25, -0.2) is 0 Å². The molecular weight excluding hydrogens is 392 g/mol. The molecule has 2 aromatic carbocycles. The van der Waals surface area contributed by atoms with E-state index in [0.717, 1.165) is 23.9 Å². The molecule has 146 valence electrons. The molecule has 28 heavy (non-hydrogen) atoms. The van der Waals surface area contributed by atoms with Crippen molar-refractivity contribution in [3.63, 3.8) is 0 Å². The van der Waals surface area contributed by atoms with Crippen molar-refractivity contribution in [2.24, 2.45) is 5.92 Å². The Labute approximate surface area is 174 Å². The Balaban J connectivity index is 1.68. The molecule has 0 fully saturated rings. The van der Waals surface area contributed by atoms with Crippen LogP contribution in [0.4, 0.5) is 5.69 Å². The maximum Gasteiger partial charge on any atom is 0.234 e. The molecule has 3 rings (SSSR count). The van der Waals surface area contributed by atoms with Crippen LogP contribution in [0, 0.1) is 5.92 Å². The van der Waals surface area contributed by atoms with Crippen molar-refractivity contribution in [1.82, 2.24) is 14.8 Å². The van der Waals surface area contributed by atoms with Gasteiger partial charge in [0, 0.05) is 23.7 Å². The lowest BCUT2D eigenvalue weighted by atomic mass is 10.1. The number of aromatic nitrogens is 3. The maximum atomic E-state index is 12.3.